The molecule has 3 nitrogen and oxygen atoms in total. The van der Waals surface area contributed by atoms with Crippen LogP contribution in [0.15, 0.2) is 39.5 Å². The van der Waals surface area contributed by atoms with Crippen LogP contribution < -0.4 is 11.1 Å². The minimum absolute atomic E-state index is 0.574. The molecule has 17 heavy (non-hydrogen) atoms. The molecule has 1 aromatic heterocycles. The summed E-state index contributed by atoms with van der Waals surface area (Å²) in [6, 6.07) is 5.56. The Bertz CT molecular complexity index is 540. The highest BCUT2D eigenvalue weighted by atomic mass is 79.9. The molecule has 2 rings (SSSR count). The molecule has 88 valence electrons. The molecule has 0 unspecified atom stereocenters. The molecule has 6 heteroatoms. The van der Waals surface area contributed by atoms with Crippen molar-refractivity contribution in [3.8, 4) is 0 Å². The Morgan fingerprint density at radius 2 is 1.94 bits per heavy atom. The zero-order valence-electron chi connectivity index (χ0n) is 8.55. The maximum absolute atomic E-state index is 5.93. The molecule has 2 aromatic rings. The van der Waals surface area contributed by atoms with Gasteiger partial charge >= 0.3 is 0 Å². The van der Waals surface area contributed by atoms with Gasteiger partial charge in [0.15, 0.2) is 0 Å². The first kappa shape index (κ1) is 12.7. The van der Waals surface area contributed by atoms with Crippen LogP contribution in [0, 0.1) is 0 Å². The van der Waals surface area contributed by atoms with Gasteiger partial charge in [-0.25, -0.2) is 0 Å². The number of rotatable bonds is 2. The van der Waals surface area contributed by atoms with Crippen molar-refractivity contribution in [2.24, 2.45) is 0 Å². The van der Waals surface area contributed by atoms with Gasteiger partial charge in [-0.1, -0.05) is 11.6 Å². The van der Waals surface area contributed by atoms with Crippen molar-refractivity contribution in [3.63, 3.8) is 0 Å². The summed E-state index contributed by atoms with van der Waals surface area (Å²) < 4.78 is 1.64. The summed E-state index contributed by atoms with van der Waals surface area (Å²) >= 11 is 12.7. The van der Waals surface area contributed by atoms with Gasteiger partial charge in [0, 0.05) is 16.4 Å². The maximum Gasteiger partial charge on any atom is 0.0794 e. The Hall–Kier alpha value is -0.780. The predicted octanol–water partition coefficient (Wildman–Crippen LogP) is 4.59. The third kappa shape index (κ3) is 2.91. The van der Waals surface area contributed by atoms with E-state index >= 15 is 0 Å². The van der Waals surface area contributed by atoms with Crippen molar-refractivity contribution in [2.75, 3.05) is 11.1 Å². The van der Waals surface area contributed by atoms with Gasteiger partial charge in [-0.2, -0.15) is 0 Å². The number of hydrogen-bond donors (Lipinski definition) is 2. The van der Waals surface area contributed by atoms with E-state index in [2.05, 4.69) is 42.2 Å². The number of aromatic nitrogens is 1. The second kappa shape index (κ2) is 5.25. The number of pyridine rings is 1. The van der Waals surface area contributed by atoms with E-state index in [0.717, 1.165) is 20.3 Å². The third-order valence-electron chi connectivity index (χ3n) is 2.12. The Morgan fingerprint density at radius 3 is 2.59 bits per heavy atom. The monoisotopic (exact) mass is 375 g/mol. The molecule has 0 aliphatic carbocycles. The molecule has 0 saturated heterocycles. The number of nitrogen functional groups attached to an aromatic ring is 1. The van der Waals surface area contributed by atoms with E-state index in [0.29, 0.717) is 10.7 Å². The van der Waals surface area contributed by atoms with Gasteiger partial charge in [0.05, 0.1) is 27.1 Å². The number of anilines is 3. The summed E-state index contributed by atoms with van der Waals surface area (Å²) in [7, 11) is 0. The summed E-state index contributed by atoms with van der Waals surface area (Å²) in [4.78, 5) is 3.98. The maximum atomic E-state index is 5.93. The van der Waals surface area contributed by atoms with E-state index in [9.17, 15) is 0 Å². The van der Waals surface area contributed by atoms with Gasteiger partial charge in [0.2, 0.25) is 0 Å². The van der Waals surface area contributed by atoms with Crippen LogP contribution in [0.4, 0.5) is 17.1 Å². The largest absolute Gasteiger partial charge is 0.396 e. The smallest absolute Gasteiger partial charge is 0.0794 e. The second-order valence-corrected chi connectivity index (χ2v) is 5.46. The molecular formula is C11H8Br2ClN3. The lowest BCUT2D eigenvalue weighted by atomic mass is 10.3. The van der Waals surface area contributed by atoms with E-state index < -0.39 is 0 Å². The van der Waals surface area contributed by atoms with Gasteiger partial charge < -0.3 is 11.1 Å². The second-order valence-electron chi connectivity index (χ2n) is 3.34. The Balaban J connectivity index is 2.35. The highest BCUT2D eigenvalue weighted by Gasteiger charge is 2.06. The van der Waals surface area contributed by atoms with Crippen LogP contribution >= 0.6 is 43.5 Å². The Kier molecular flexibility index (Phi) is 3.91. The molecule has 0 bridgehead atoms. The van der Waals surface area contributed by atoms with Gasteiger partial charge in [-0.3, -0.25) is 4.98 Å². The summed E-state index contributed by atoms with van der Waals surface area (Å²) in [6.07, 6.45) is 3.28. The van der Waals surface area contributed by atoms with Crippen LogP contribution in [0.3, 0.4) is 0 Å². The van der Waals surface area contributed by atoms with Crippen LogP contribution in [0.5, 0.6) is 0 Å². The van der Waals surface area contributed by atoms with Crippen LogP contribution in [-0.4, -0.2) is 4.98 Å². The van der Waals surface area contributed by atoms with E-state index in [-0.39, 0.29) is 0 Å². The van der Waals surface area contributed by atoms with Gasteiger partial charge in [0.25, 0.3) is 0 Å². The average Bonchev–Trinajstić information content (AvgIpc) is 2.28. The van der Waals surface area contributed by atoms with Crippen LogP contribution in [0.1, 0.15) is 0 Å². The lowest BCUT2D eigenvalue weighted by Crippen LogP contribution is -1.98. The average molecular weight is 377 g/mol. The predicted molar refractivity (Wildman–Crippen MR) is 78.8 cm³/mol. The molecule has 0 atom stereocenters. The number of hydrogen-bond acceptors (Lipinski definition) is 3. The van der Waals surface area contributed by atoms with E-state index in [1.54, 1.807) is 18.5 Å². The van der Waals surface area contributed by atoms with Crippen molar-refractivity contribution in [3.05, 3.63) is 44.6 Å². The molecule has 0 aliphatic heterocycles. The first-order chi connectivity index (χ1) is 8.08. The fourth-order valence-corrected chi connectivity index (χ4v) is 2.24. The van der Waals surface area contributed by atoms with E-state index in [1.807, 2.05) is 12.1 Å². The van der Waals surface area contributed by atoms with Gasteiger partial charge in [0.1, 0.15) is 0 Å². The van der Waals surface area contributed by atoms with Crippen molar-refractivity contribution in [1.82, 2.24) is 4.98 Å². The molecule has 1 aromatic carbocycles. The Labute approximate surface area is 121 Å². The van der Waals surface area contributed by atoms with Gasteiger partial charge in [-0.05, 0) is 50.1 Å². The van der Waals surface area contributed by atoms with Crippen molar-refractivity contribution >= 4 is 60.5 Å². The zero-order valence-corrected chi connectivity index (χ0v) is 12.5. The highest BCUT2D eigenvalue weighted by Crippen LogP contribution is 2.32. The minimum atomic E-state index is 0.574. The molecule has 0 aliphatic rings. The number of nitrogens with two attached hydrogens (primary N) is 1. The van der Waals surface area contributed by atoms with Crippen molar-refractivity contribution < 1.29 is 0 Å². The summed E-state index contributed by atoms with van der Waals surface area (Å²) in [5, 5.41) is 3.87. The first-order valence-electron chi connectivity index (χ1n) is 4.69. The molecule has 1 heterocycles. The first-order valence-corrected chi connectivity index (χ1v) is 6.65. The molecule has 3 N–H and O–H groups in total. The van der Waals surface area contributed by atoms with Crippen molar-refractivity contribution in [1.29, 1.82) is 0 Å². The van der Waals surface area contributed by atoms with Gasteiger partial charge in [-0.15, -0.1) is 0 Å². The molecular weight excluding hydrogens is 369 g/mol. The number of halogens is 3. The summed E-state index contributed by atoms with van der Waals surface area (Å²) in [6.45, 7) is 0. The summed E-state index contributed by atoms with van der Waals surface area (Å²) in [5.74, 6) is 0. The molecule has 0 saturated carbocycles. The van der Waals surface area contributed by atoms with Crippen molar-refractivity contribution in [2.45, 2.75) is 0 Å². The molecule has 0 amide bonds. The topological polar surface area (TPSA) is 50.9 Å². The lowest BCUT2D eigenvalue weighted by molar-refractivity contribution is 1.31. The SMILES string of the molecule is Nc1cncc(Br)c1Nc1ccc(Cl)c(Br)c1. The molecule has 0 fully saturated rings. The highest BCUT2D eigenvalue weighted by molar-refractivity contribution is 9.11. The third-order valence-corrected chi connectivity index (χ3v) is 3.93. The number of benzene rings is 1. The Morgan fingerprint density at radius 1 is 1.18 bits per heavy atom. The molecule has 0 spiro atoms. The van der Waals surface area contributed by atoms with Crippen LogP contribution in [0.25, 0.3) is 0 Å². The standard InChI is InChI=1S/C11H8Br2ClN3/c12-7-3-6(1-2-9(7)14)17-11-8(13)4-16-5-10(11)15/h1-5H,15H2,(H,16,17). The number of nitrogens with zero attached hydrogens (tertiary/aromatic N) is 1. The molecule has 0 radical (unpaired) electrons. The number of nitrogens with one attached hydrogen (secondary N) is 1. The summed E-state index contributed by atoms with van der Waals surface area (Å²) in [5.41, 5.74) is 8.09. The zero-order chi connectivity index (χ0) is 12.4. The lowest BCUT2D eigenvalue weighted by Gasteiger charge is -2.11. The normalized spacial score (nSPS) is 10.3. The fourth-order valence-electron chi connectivity index (χ4n) is 1.30. The fraction of sp³-hybridized carbons (Fsp3) is 0. The van der Waals surface area contributed by atoms with E-state index in [1.165, 1.54) is 0 Å². The van der Waals surface area contributed by atoms with Crippen LogP contribution in [-0.2, 0) is 0 Å². The minimum Gasteiger partial charge on any atom is -0.396 e. The van der Waals surface area contributed by atoms with Crippen LogP contribution in [0.2, 0.25) is 5.02 Å². The van der Waals surface area contributed by atoms with E-state index in [4.69, 9.17) is 17.3 Å². The quantitative estimate of drug-likeness (QED) is 0.805.